The van der Waals surface area contributed by atoms with Crippen LogP contribution < -0.4 is 14.8 Å². The number of nitrogens with one attached hydrogen (secondary N) is 1. The fourth-order valence-corrected chi connectivity index (χ4v) is 3.71. The predicted octanol–water partition coefficient (Wildman–Crippen LogP) is 3.31. The number of likely N-dealkylation sites (N-methyl/N-ethyl adjacent to an activating group) is 1. The van der Waals surface area contributed by atoms with Crippen molar-refractivity contribution in [1.82, 2.24) is 15.2 Å². The van der Waals surface area contributed by atoms with Crippen LogP contribution in [-0.2, 0) is 6.42 Å². The highest BCUT2D eigenvalue weighted by atomic mass is 16.7. The van der Waals surface area contributed by atoms with E-state index in [9.17, 15) is 9.59 Å². The van der Waals surface area contributed by atoms with Crippen LogP contribution in [0.4, 0.5) is 0 Å². The highest BCUT2D eigenvalue weighted by molar-refractivity contribution is 5.98. The average molecular weight is 431 g/mol. The van der Waals surface area contributed by atoms with Gasteiger partial charge >= 0.3 is 0 Å². The predicted molar refractivity (Wildman–Crippen MR) is 120 cm³/mol. The first kappa shape index (κ1) is 21.4. The van der Waals surface area contributed by atoms with Crippen molar-refractivity contribution in [3.63, 3.8) is 0 Å². The Labute approximate surface area is 187 Å². The maximum absolute atomic E-state index is 13.3. The first-order valence-corrected chi connectivity index (χ1v) is 10.5. The van der Waals surface area contributed by atoms with Crippen molar-refractivity contribution in [3.05, 3.63) is 89.7 Å². The summed E-state index contributed by atoms with van der Waals surface area (Å²) in [7, 11) is 1.78. The van der Waals surface area contributed by atoms with Crippen LogP contribution in [0.3, 0.4) is 0 Å². The molecule has 32 heavy (non-hydrogen) atoms. The third kappa shape index (κ3) is 4.88. The molecule has 2 heterocycles. The normalized spacial score (nSPS) is 12.8. The molecule has 0 saturated heterocycles. The number of amides is 2. The molecule has 1 aromatic heterocycles. The molecule has 3 aromatic rings. The van der Waals surface area contributed by atoms with E-state index < -0.39 is 0 Å². The van der Waals surface area contributed by atoms with Gasteiger partial charge in [0, 0.05) is 25.8 Å². The topological polar surface area (TPSA) is 80.8 Å². The van der Waals surface area contributed by atoms with E-state index in [0.29, 0.717) is 42.1 Å². The minimum Gasteiger partial charge on any atom is -0.454 e. The summed E-state index contributed by atoms with van der Waals surface area (Å²) in [6, 6.07) is 20.4. The van der Waals surface area contributed by atoms with Crippen molar-refractivity contribution in [2.45, 2.75) is 18.9 Å². The number of hydrogen-bond acceptors (Lipinski definition) is 5. The van der Waals surface area contributed by atoms with Gasteiger partial charge in [-0.2, -0.15) is 0 Å². The molecule has 0 radical (unpaired) electrons. The summed E-state index contributed by atoms with van der Waals surface area (Å²) < 4.78 is 10.9. The molecule has 0 spiro atoms. The standard InChI is InChI=1S/C25H25N3O4/c1-28(25(30)20-10-7-12-22-23(20)32-17-31-22)19(16-18-8-3-2-4-9-18)13-15-27-24(29)21-11-5-6-14-26-21/h2-12,14,19H,13,15-17H2,1H3,(H,27,29)/t19-/m1/s1. The molecule has 7 heteroatoms. The zero-order valence-electron chi connectivity index (χ0n) is 17.9. The molecule has 0 saturated carbocycles. The van der Waals surface area contributed by atoms with Gasteiger partial charge in [-0.05, 0) is 42.7 Å². The number of rotatable bonds is 8. The Balaban J connectivity index is 1.48. The first-order valence-electron chi connectivity index (χ1n) is 10.5. The van der Waals surface area contributed by atoms with Crippen LogP contribution in [0.5, 0.6) is 11.5 Å². The Bertz CT molecular complexity index is 1070. The molecule has 1 aliphatic rings. The molecule has 1 aliphatic heterocycles. The third-order valence-corrected chi connectivity index (χ3v) is 5.47. The Morgan fingerprint density at radius 2 is 1.84 bits per heavy atom. The quantitative estimate of drug-likeness (QED) is 0.592. The lowest BCUT2D eigenvalue weighted by atomic mass is 10.0. The number of pyridine rings is 1. The largest absolute Gasteiger partial charge is 0.454 e. The molecule has 164 valence electrons. The molecule has 7 nitrogen and oxygen atoms in total. The second-order valence-corrected chi connectivity index (χ2v) is 7.56. The number of ether oxygens (including phenoxy) is 2. The van der Waals surface area contributed by atoms with Crippen LogP contribution in [0.15, 0.2) is 72.9 Å². The third-order valence-electron chi connectivity index (χ3n) is 5.47. The summed E-state index contributed by atoms with van der Waals surface area (Å²) in [4.78, 5) is 31.5. The summed E-state index contributed by atoms with van der Waals surface area (Å²) in [5, 5.41) is 2.91. The number of aromatic nitrogens is 1. The average Bonchev–Trinajstić information content (AvgIpc) is 3.33. The van der Waals surface area contributed by atoms with E-state index in [4.69, 9.17) is 9.47 Å². The molecule has 0 aliphatic carbocycles. The van der Waals surface area contributed by atoms with Crippen molar-refractivity contribution in [2.24, 2.45) is 0 Å². The van der Waals surface area contributed by atoms with Gasteiger partial charge in [0.15, 0.2) is 11.5 Å². The summed E-state index contributed by atoms with van der Waals surface area (Å²) >= 11 is 0. The highest BCUT2D eigenvalue weighted by Gasteiger charge is 2.27. The smallest absolute Gasteiger partial charge is 0.269 e. The molecule has 4 rings (SSSR count). The molecule has 1 atom stereocenters. The number of carbonyl (C=O) groups excluding carboxylic acids is 2. The number of carbonyl (C=O) groups is 2. The van der Waals surface area contributed by atoms with Crippen LogP contribution in [0.1, 0.15) is 32.8 Å². The van der Waals surface area contributed by atoms with Gasteiger partial charge in [-0.3, -0.25) is 14.6 Å². The zero-order valence-corrected chi connectivity index (χ0v) is 17.9. The maximum atomic E-state index is 13.3. The molecular weight excluding hydrogens is 406 g/mol. The molecule has 0 unspecified atom stereocenters. The second-order valence-electron chi connectivity index (χ2n) is 7.56. The van der Waals surface area contributed by atoms with Gasteiger partial charge in [-0.25, -0.2) is 0 Å². The zero-order chi connectivity index (χ0) is 22.3. The summed E-state index contributed by atoms with van der Waals surface area (Å²) in [5.74, 6) is 0.673. The number of para-hydroxylation sites is 1. The van der Waals surface area contributed by atoms with Crippen molar-refractivity contribution in [3.8, 4) is 11.5 Å². The number of benzene rings is 2. The summed E-state index contributed by atoms with van der Waals surface area (Å²) in [6.07, 6.45) is 2.83. The Kier molecular flexibility index (Phi) is 6.65. The van der Waals surface area contributed by atoms with E-state index in [1.165, 1.54) is 0 Å². The minimum absolute atomic E-state index is 0.107. The van der Waals surface area contributed by atoms with Gasteiger partial charge in [-0.1, -0.05) is 42.5 Å². The van der Waals surface area contributed by atoms with Crippen LogP contribution >= 0.6 is 0 Å². The Morgan fingerprint density at radius 3 is 2.62 bits per heavy atom. The van der Waals surface area contributed by atoms with E-state index >= 15 is 0 Å². The fourth-order valence-electron chi connectivity index (χ4n) is 3.71. The van der Waals surface area contributed by atoms with E-state index in [-0.39, 0.29) is 24.6 Å². The lowest BCUT2D eigenvalue weighted by molar-refractivity contribution is 0.0718. The molecule has 0 fully saturated rings. The van der Waals surface area contributed by atoms with Crippen LogP contribution in [0, 0.1) is 0 Å². The van der Waals surface area contributed by atoms with E-state index in [0.717, 1.165) is 5.56 Å². The second kappa shape index (κ2) is 9.96. The van der Waals surface area contributed by atoms with Gasteiger partial charge in [-0.15, -0.1) is 0 Å². The lowest BCUT2D eigenvalue weighted by Gasteiger charge is -2.29. The van der Waals surface area contributed by atoms with Gasteiger partial charge in [0.1, 0.15) is 5.69 Å². The molecule has 1 N–H and O–H groups in total. The van der Waals surface area contributed by atoms with Crippen molar-refractivity contribution < 1.29 is 19.1 Å². The molecule has 2 amide bonds. The Morgan fingerprint density at radius 1 is 1.03 bits per heavy atom. The van der Waals surface area contributed by atoms with Crippen molar-refractivity contribution in [2.75, 3.05) is 20.4 Å². The summed E-state index contributed by atoms with van der Waals surface area (Å²) in [5.41, 5.74) is 1.96. The van der Waals surface area contributed by atoms with Gasteiger partial charge in [0.05, 0.1) is 5.56 Å². The maximum Gasteiger partial charge on any atom is 0.269 e. The summed E-state index contributed by atoms with van der Waals surface area (Å²) in [6.45, 7) is 0.521. The highest BCUT2D eigenvalue weighted by Crippen LogP contribution is 2.36. The van der Waals surface area contributed by atoms with E-state index in [2.05, 4.69) is 10.3 Å². The monoisotopic (exact) mass is 431 g/mol. The fraction of sp³-hybridized carbons (Fsp3) is 0.240. The van der Waals surface area contributed by atoms with Crippen molar-refractivity contribution in [1.29, 1.82) is 0 Å². The number of hydrogen-bond donors (Lipinski definition) is 1. The van der Waals surface area contributed by atoms with Gasteiger partial charge in [0.2, 0.25) is 6.79 Å². The van der Waals surface area contributed by atoms with Crippen molar-refractivity contribution >= 4 is 11.8 Å². The Hall–Kier alpha value is -3.87. The van der Waals surface area contributed by atoms with Crippen LogP contribution in [0.25, 0.3) is 0 Å². The number of nitrogens with zero attached hydrogens (tertiary/aromatic N) is 2. The van der Waals surface area contributed by atoms with E-state index in [1.807, 2.05) is 30.3 Å². The lowest BCUT2D eigenvalue weighted by Crippen LogP contribution is -2.41. The molecular formula is C25H25N3O4. The van der Waals surface area contributed by atoms with Gasteiger partial charge in [0.25, 0.3) is 11.8 Å². The number of fused-ring (bicyclic) bond motifs is 1. The first-order chi connectivity index (χ1) is 15.6. The van der Waals surface area contributed by atoms with Crippen LogP contribution in [0.2, 0.25) is 0 Å². The van der Waals surface area contributed by atoms with Gasteiger partial charge < -0.3 is 19.7 Å². The van der Waals surface area contributed by atoms with Crippen LogP contribution in [-0.4, -0.2) is 48.1 Å². The molecule has 0 bridgehead atoms. The van der Waals surface area contributed by atoms with E-state index in [1.54, 1.807) is 54.5 Å². The minimum atomic E-state index is -0.232. The SMILES string of the molecule is CN(C(=O)c1cccc2c1OCO2)[C@H](CCNC(=O)c1ccccn1)Cc1ccccc1. The molecule has 2 aromatic carbocycles.